The van der Waals surface area contributed by atoms with Gasteiger partial charge in [0.05, 0.1) is 11.8 Å². The number of fused-ring (bicyclic) bond motifs is 1. The molecule has 3 atom stereocenters. The molecule has 0 aliphatic carbocycles. The Labute approximate surface area is 206 Å². The minimum Gasteiger partial charge on any atom is -0.468 e. The molecule has 2 aliphatic heterocycles. The van der Waals surface area contributed by atoms with Crippen LogP contribution in [0.2, 0.25) is 0 Å². The average molecular weight is 472 g/mol. The number of rotatable bonds is 7. The van der Waals surface area contributed by atoms with Crippen molar-refractivity contribution in [3.8, 4) is 0 Å². The van der Waals surface area contributed by atoms with E-state index in [9.17, 15) is 9.59 Å². The van der Waals surface area contributed by atoms with E-state index in [1.54, 1.807) is 12.3 Å². The summed E-state index contributed by atoms with van der Waals surface area (Å²) < 4.78 is 5.77. The monoisotopic (exact) mass is 471 g/mol. The third-order valence-electron chi connectivity index (χ3n) is 7.76. The second kappa shape index (κ2) is 9.70. The molecule has 2 fully saturated rings. The van der Waals surface area contributed by atoms with Gasteiger partial charge >= 0.3 is 0 Å². The molecule has 3 aromatic rings. The second-order valence-electron chi connectivity index (χ2n) is 10.1. The number of carbonyl (C=O) groups excluding carboxylic acids is 2. The Balaban J connectivity index is 1.24. The van der Waals surface area contributed by atoms with Crippen LogP contribution in [-0.2, 0) is 0 Å². The number of hydrogen-bond donors (Lipinski definition) is 1. The summed E-state index contributed by atoms with van der Waals surface area (Å²) in [7, 11) is 0. The van der Waals surface area contributed by atoms with Gasteiger partial charge in [-0.15, -0.1) is 0 Å². The molecular formula is C29H33N3O3. The number of primary amides is 1. The Morgan fingerprint density at radius 2 is 1.60 bits per heavy atom. The first-order chi connectivity index (χ1) is 16.9. The molecule has 6 nitrogen and oxygen atoms in total. The zero-order chi connectivity index (χ0) is 24.5. The second-order valence-corrected chi connectivity index (χ2v) is 10.1. The summed E-state index contributed by atoms with van der Waals surface area (Å²) in [5, 5.41) is 0. The summed E-state index contributed by atoms with van der Waals surface area (Å²) in [5.41, 5.74) is 10.1. The molecule has 5 rings (SSSR count). The van der Waals surface area contributed by atoms with Gasteiger partial charge in [0.1, 0.15) is 5.76 Å². The van der Waals surface area contributed by atoms with Crippen molar-refractivity contribution < 1.29 is 14.0 Å². The Bertz CT molecular complexity index is 1180. The van der Waals surface area contributed by atoms with Crippen LogP contribution in [0.5, 0.6) is 0 Å². The van der Waals surface area contributed by atoms with Gasteiger partial charge in [-0.05, 0) is 61.4 Å². The fraction of sp³-hybridized carbons (Fsp3) is 0.379. The fourth-order valence-electron chi connectivity index (χ4n) is 5.99. The summed E-state index contributed by atoms with van der Waals surface area (Å²) in [5.74, 6) is 1.33. The molecule has 0 bridgehead atoms. The first kappa shape index (κ1) is 23.4. The molecule has 0 radical (unpaired) electrons. The van der Waals surface area contributed by atoms with E-state index >= 15 is 0 Å². The molecule has 35 heavy (non-hydrogen) atoms. The lowest BCUT2D eigenvalue weighted by atomic mass is 9.91. The topological polar surface area (TPSA) is 79.8 Å². The van der Waals surface area contributed by atoms with Crippen LogP contribution in [0, 0.1) is 25.7 Å². The number of nitrogens with two attached hydrogens (primary N) is 1. The maximum atomic E-state index is 13.3. The molecule has 6 heteroatoms. The van der Waals surface area contributed by atoms with Crippen LogP contribution in [0.25, 0.3) is 0 Å². The van der Waals surface area contributed by atoms with E-state index < -0.39 is 5.91 Å². The van der Waals surface area contributed by atoms with Gasteiger partial charge in [-0.25, -0.2) is 0 Å². The highest BCUT2D eigenvalue weighted by molar-refractivity contribution is 5.97. The van der Waals surface area contributed by atoms with Crippen molar-refractivity contribution in [2.75, 3.05) is 32.7 Å². The summed E-state index contributed by atoms with van der Waals surface area (Å²) in [6, 6.07) is 17.9. The molecule has 2 unspecified atom stereocenters. The third-order valence-corrected chi connectivity index (χ3v) is 7.76. The fourth-order valence-corrected chi connectivity index (χ4v) is 5.99. The molecule has 182 valence electrons. The minimum absolute atomic E-state index is 0.0313. The number of nitrogens with zero attached hydrogens (tertiary/aromatic N) is 2. The van der Waals surface area contributed by atoms with Gasteiger partial charge in [0.25, 0.3) is 11.8 Å². The summed E-state index contributed by atoms with van der Waals surface area (Å²) in [6.07, 6.45) is 2.38. The molecule has 2 saturated heterocycles. The van der Waals surface area contributed by atoms with Crippen molar-refractivity contribution in [1.29, 1.82) is 0 Å². The van der Waals surface area contributed by atoms with E-state index in [1.807, 2.05) is 50.2 Å². The van der Waals surface area contributed by atoms with Crippen LogP contribution in [0.1, 0.15) is 55.5 Å². The summed E-state index contributed by atoms with van der Waals surface area (Å²) >= 11 is 0. The average Bonchev–Trinajstić information content (AvgIpc) is 3.55. The molecule has 0 spiro atoms. The molecule has 2 N–H and O–H groups in total. The van der Waals surface area contributed by atoms with Crippen LogP contribution in [0.3, 0.4) is 0 Å². The Kier molecular flexibility index (Phi) is 6.48. The van der Waals surface area contributed by atoms with Crippen molar-refractivity contribution in [3.63, 3.8) is 0 Å². The van der Waals surface area contributed by atoms with Gasteiger partial charge in [-0.1, -0.05) is 48.5 Å². The number of furan rings is 1. The minimum atomic E-state index is -0.459. The lowest BCUT2D eigenvalue weighted by molar-refractivity contribution is 0.0772. The zero-order valence-corrected chi connectivity index (χ0v) is 20.4. The lowest BCUT2D eigenvalue weighted by Gasteiger charge is -2.24. The van der Waals surface area contributed by atoms with Crippen LogP contribution in [-0.4, -0.2) is 54.3 Å². The number of aryl methyl sites for hydroxylation is 2. The van der Waals surface area contributed by atoms with Crippen LogP contribution in [0.4, 0.5) is 0 Å². The van der Waals surface area contributed by atoms with Gasteiger partial charge < -0.3 is 20.0 Å². The van der Waals surface area contributed by atoms with Gasteiger partial charge in [-0.2, -0.15) is 0 Å². The van der Waals surface area contributed by atoms with Gasteiger partial charge in [-0.3, -0.25) is 9.59 Å². The number of carbonyl (C=O) groups is 2. The first-order valence-electron chi connectivity index (χ1n) is 12.4. The summed E-state index contributed by atoms with van der Waals surface area (Å²) in [6.45, 7) is 8.55. The van der Waals surface area contributed by atoms with Crippen LogP contribution in [0.15, 0.2) is 65.3 Å². The first-order valence-corrected chi connectivity index (χ1v) is 12.4. The third kappa shape index (κ3) is 4.63. The van der Waals surface area contributed by atoms with Crippen molar-refractivity contribution in [2.45, 2.75) is 26.2 Å². The van der Waals surface area contributed by atoms with Crippen LogP contribution >= 0.6 is 0 Å². The highest BCUT2D eigenvalue weighted by Gasteiger charge is 2.42. The maximum Gasteiger partial charge on any atom is 0.254 e. The normalized spacial score (nSPS) is 20.7. The predicted molar refractivity (Wildman–Crippen MR) is 135 cm³/mol. The van der Waals surface area contributed by atoms with Crippen molar-refractivity contribution in [3.05, 3.63) is 94.4 Å². The largest absolute Gasteiger partial charge is 0.468 e. The molecule has 2 aliphatic rings. The van der Waals surface area contributed by atoms with E-state index in [0.29, 0.717) is 23.2 Å². The summed E-state index contributed by atoms with van der Waals surface area (Å²) in [4.78, 5) is 29.8. The number of likely N-dealkylation sites (tertiary alicyclic amines) is 2. The smallest absolute Gasteiger partial charge is 0.254 e. The zero-order valence-electron chi connectivity index (χ0n) is 20.4. The van der Waals surface area contributed by atoms with E-state index in [0.717, 1.165) is 61.4 Å². The number of benzene rings is 2. The Morgan fingerprint density at radius 3 is 2.23 bits per heavy atom. The standard InChI is InChI=1S/C29H33N3O3/c1-19-7-6-8-20(2)26(19)29(34)32-17-22-15-31(16-23(22)18-32)13-11-24(21-9-4-3-5-10-21)27-25(28(30)33)12-14-35-27/h3-10,12,14,22-24H,11,13,15-18H2,1-2H3,(H2,30,33)/t22?,23?,24-/m0/s1. The maximum absolute atomic E-state index is 13.3. The molecule has 2 amide bonds. The van der Waals surface area contributed by atoms with Crippen molar-refractivity contribution in [1.82, 2.24) is 9.80 Å². The molecular weight excluding hydrogens is 438 g/mol. The molecule has 0 saturated carbocycles. The van der Waals surface area contributed by atoms with Crippen molar-refractivity contribution in [2.24, 2.45) is 17.6 Å². The number of hydrogen-bond acceptors (Lipinski definition) is 4. The highest BCUT2D eigenvalue weighted by atomic mass is 16.3. The SMILES string of the molecule is Cc1cccc(C)c1C(=O)N1CC2CN(CC[C@@H](c3ccccc3)c3occc3C(N)=O)CC2C1. The highest BCUT2D eigenvalue weighted by Crippen LogP contribution is 2.35. The van der Waals surface area contributed by atoms with E-state index in [2.05, 4.69) is 21.9 Å². The van der Waals surface area contributed by atoms with Gasteiger partial charge in [0, 0.05) is 37.7 Å². The Morgan fingerprint density at radius 1 is 0.943 bits per heavy atom. The van der Waals surface area contributed by atoms with Crippen molar-refractivity contribution >= 4 is 11.8 Å². The van der Waals surface area contributed by atoms with Gasteiger partial charge in [0.2, 0.25) is 0 Å². The molecule has 3 heterocycles. The van der Waals surface area contributed by atoms with E-state index in [4.69, 9.17) is 10.2 Å². The number of amides is 2. The van der Waals surface area contributed by atoms with E-state index in [1.165, 1.54) is 0 Å². The van der Waals surface area contributed by atoms with E-state index in [-0.39, 0.29) is 11.8 Å². The molecule has 2 aromatic carbocycles. The van der Waals surface area contributed by atoms with Crippen LogP contribution < -0.4 is 5.73 Å². The predicted octanol–water partition coefficient (Wildman–Crippen LogP) is 4.22. The molecule has 1 aromatic heterocycles. The Hall–Kier alpha value is -3.38. The quantitative estimate of drug-likeness (QED) is 0.560. The van der Waals surface area contributed by atoms with Gasteiger partial charge in [0.15, 0.2) is 0 Å². The lowest BCUT2D eigenvalue weighted by Crippen LogP contribution is -2.34.